The summed E-state index contributed by atoms with van der Waals surface area (Å²) in [7, 11) is 0. The van der Waals surface area contributed by atoms with Crippen LogP contribution in [-0.4, -0.2) is 0 Å². The number of nitrogens with two attached hydrogens (primary N) is 2. The van der Waals surface area contributed by atoms with E-state index < -0.39 is 0 Å². The smallest absolute Gasteiger partial charge is 0.0621 e. The fourth-order valence-electron chi connectivity index (χ4n) is 1.62. The van der Waals surface area contributed by atoms with Crippen LogP contribution in [-0.2, 0) is 0 Å². The number of rotatable bonds is 2. The molecule has 0 saturated carbocycles. The van der Waals surface area contributed by atoms with Crippen molar-refractivity contribution in [3.8, 4) is 0 Å². The van der Waals surface area contributed by atoms with E-state index in [1.165, 1.54) is 0 Å². The first-order valence-corrected chi connectivity index (χ1v) is 5.41. The lowest BCUT2D eigenvalue weighted by molar-refractivity contribution is 1.57. The minimum absolute atomic E-state index is 0.607. The summed E-state index contributed by atoms with van der Waals surface area (Å²) in [6.45, 7) is 3.97. The molecule has 2 heteroatoms. The molecule has 0 amide bonds. The molecule has 2 aromatic carbocycles. The molecule has 0 aliphatic heterocycles. The van der Waals surface area contributed by atoms with Gasteiger partial charge in [-0.05, 0) is 29.7 Å². The third kappa shape index (κ3) is 2.48. The predicted octanol–water partition coefficient (Wildman–Crippen LogP) is 3.20. The first-order chi connectivity index (χ1) is 8.18. The third-order valence-electron chi connectivity index (χ3n) is 2.67. The molecule has 0 aromatic heterocycles. The molecule has 0 atom stereocenters. The second kappa shape index (κ2) is 4.74. The Morgan fingerprint density at radius 3 is 2.24 bits per heavy atom. The van der Waals surface area contributed by atoms with Gasteiger partial charge >= 0.3 is 0 Å². The summed E-state index contributed by atoms with van der Waals surface area (Å²) in [5.41, 5.74) is 15.9. The Balaban J connectivity index is 2.33. The zero-order chi connectivity index (χ0) is 12.3. The minimum atomic E-state index is 0.607. The van der Waals surface area contributed by atoms with Crippen LogP contribution < -0.4 is 11.5 Å². The maximum Gasteiger partial charge on any atom is 0.0621 e. The van der Waals surface area contributed by atoms with Gasteiger partial charge in [0.2, 0.25) is 0 Å². The minimum Gasteiger partial charge on any atom is -0.397 e. The fourth-order valence-corrected chi connectivity index (χ4v) is 1.62. The molecule has 0 aliphatic carbocycles. The highest BCUT2D eigenvalue weighted by Gasteiger charge is 1.98. The molecule has 0 unspecified atom stereocenters. The number of nitrogen functional groups attached to an aromatic ring is 2. The van der Waals surface area contributed by atoms with Gasteiger partial charge in [0.1, 0.15) is 0 Å². The quantitative estimate of drug-likeness (QED) is 0.606. The van der Waals surface area contributed by atoms with Crippen LogP contribution in [0.4, 0.5) is 11.4 Å². The lowest BCUT2D eigenvalue weighted by atomic mass is 10.1. The Kier molecular flexibility index (Phi) is 3.15. The van der Waals surface area contributed by atoms with Gasteiger partial charge < -0.3 is 11.5 Å². The van der Waals surface area contributed by atoms with Crippen molar-refractivity contribution in [2.24, 2.45) is 0 Å². The van der Waals surface area contributed by atoms with Crippen LogP contribution in [0, 0.1) is 6.92 Å². The van der Waals surface area contributed by atoms with Gasteiger partial charge in [-0.1, -0.05) is 48.6 Å². The van der Waals surface area contributed by atoms with E-state index in [9.17, 15) is 0 Å². The van der Waals surface area contributed by atoms with Crippen molar-refractivity contribution in [3.05, 3.63) is 66.1 Å². The molecule has 1 radical (unpaired) electrons. The van der Waals surface area contributed by atoms with E-state index >= 15 is 0 Å². The highest BCUT2D eigenvalue weighted by atomic mass is 14.7. The van der Waals surface area contributed by atoms with E-state index in [4.69, 9.17) is 11.5 Å². The highest BCUT2D eigenvalue weighted by Crippen LogP contribution is 2.22. The zero-order valence-corrected chi connectivity index (χ0v) is 9.56. The molecular formula is C15H15N2. The van der Waals surface area contributed by atoms with E-state index in [2.05, 4.69) is 6.92 Å². The number of hydrogen-bond acceptors (Lipinski definition) is 2. The van der Waals surface area contributed by atoms with Crippen molar-refractivity contribution in [2.45, 2.75) is 0 Å². The van der Waals surface area contributed by atoms with Crippen LogP contribution >= 0.6 is 0 Å². The lowest BCUT2D eigenvalue weighted by Crippen LogP contribution is -1.96. The molecule has 17 heavy (non-hydrogen) atoms. The van der Waals surface area contributed by atoms with Crippen LogP contribution in [0.15, 0.2) is 42.5 Å². The van der Waals surface area contributed by atoms with E-state index in [1.54, 1.807) is 6.07 Å². The summed E-state index contributed by atoms with van der Waals surface area (Å²) in [5, 5.41) is 0. The molecule has 2 nitrogen and oxygen atoms in total. The van der Waals surface area contributed by atoms with E-state index in [0.29, 0.717) is 11.4 Å². The first kappa shape index (κ1) is 11.3. The van der Waals surface area contributed by atoms with E-state index in [1.807, 2.05) is 48.6 Å². The Labute approximate surface area is 102 Å². The largest absolute Gasteiger partial charge is 0.397 e. The van der Waals surface area contributed by atoms with Crippen LogP contribution in [0.3, 0.4) is 0 Å². The topological polar surface area (TPSA) is 52.0 Å². The molecule has 0 heterocycles. The molecule has 85 valence electrons. The van der Waals surface area contributed by atoms with Gasteiger partial charge in [0, 0.05) is 0 Å². The summed E-state index contributed by atoms with van der Waals surface area (Å²) < 4.78 is 0. The standard InChI is InChI=1S/C15H15N2/c1-11-5-2-3-6-12(11)9-10-13-7-4-8-14(16)15(13)17/h2-10H,1,16-17H2/b10-9+. The van der Waals surface area contributed by atoms with Gasteiger partial charge in [-0.2, -0.15) is 0 Å². The van der Waals surface area contributed by atoms with Crippen molar-refractivity contribution in [3.63, 3.8) is 0 Å². The Bertz CT molecular complexity index is 557. The van der Waals surface area contributed by atoms with Gasteiger partial charge in [0.25, 0.3) is 0 Å². The molecule has 0 bridgehead atoms. The lowest BCUT2D eigenvalue weighted by Gasteiger charge is -2.04. The number of para-hydroxylation sites is 1. The average Bonchev–Trinajstić information content (AvgIpc) is 2.33. The maximum atomic E-state index is 5.89. The molecule has 4 N–H and O–H groups in total. The number of benzene rings is 2. The Hall–Kier alpha value is -2.22. The second-order valence-electron chi connectivity index (χ2n) is 3.88. The van der Waals surface area contributed by atoms with Crippen molar-refractivity contribution in [1.82, 2.24) is 0 Å². The molecule has 0 fully saturated rings. The van der Waals surface area contributed by atoms with Gasteiger partial charge in [-0.25, -0.2) is 0 Å². The molecule has 0 spiro atoms. The molecular weight excluding hydrogens is 208 g/mol. The van der Waals surface area contributed by atoms with Crippen LogP contribution in [0.25, 0.3) is 12.2 Å². The zero-order valence-electron chi connectivity index (χ0n) is 9.56. The van der Waals surface area contributed by atoms with Gasteiger partial charge in [0.15, 0.2) is 0 Å². The summed E-state index contributed by atoms with van der Waals surface area (Å²) >= 11 is 0. The van der Waals surface area contributed by atoms with Crippen LogP contribution in [0.2, 0.25) is 0 Å². The molecule has 2 aromatic rings. The summed E-state index contributed by atoms with van der Waals surface area (Å²) in [4.78, 5) is 0. The first-order valence-electron chi connectivity index (χ1n) is 5.41. The summed E-state index contributed by atoms with van der Waals surface area (Å²) in [5.74, 6) is 0. The highest BCUT2D eigenvalue weighted by molar-refractivity contribution is 5.81. The fraction of sp³-hybridized carbons (Fsp3) is 0. The number of hydrogen-bond donors (Lipinski definition) is 2. The monoisotopic (exact) mass is 223 g/mol. The van der Waals surface area contributed by atoms with Crippen LogP contribution in [0.1, 0.15) is 16.7 Å². The Morgan fingerprint density at radius 2 is 1.47 bits per heavy atom. The van der Waals surface area contributed by atoms with Gasteiger partial charge in [0.05, 0.1) is 11.4 Å². The van der Waals surface area contributed by atoms with Crippen molar-refractivity contribution in [2.75, 3.05) is 11.5 Å². The Morgan fingerprint density at radius 1 is 0.824 bits per heavy atom. The summed E-state index contributed by atoms with van der Waals surface area (Å²) in [6, 6.07) is 13.6. The van der Waals surface area contributed by atoms with Gasteiger partial charge in [-0.15, -0.1) is 0 Å². The van der Waals surface area contributed by atoms with E-state index in [0.717, 1.165) is 16.7 Å². The van der Waals surface area contributed by atoms with Crippen molar-refractivity contribution >= 4 is 23.5 Å². The normalized spacial score (nSPS) is 10.9. The molecule has 0 aliphatic rings. The molecule has 2 rings (SSSR count). The van der Waals surface area contributed by atoms with Crippen molar-refractivity contribution in [1.29, 1.82) is 0 Å². The molecule has 0 saturated heterocycles. The van der Waals surface area contributed by atoms with Crippen molar-refractivity contribution < 1.29 is 0 Å². The third-order valence-corrected chi connectivity index (χ3v) is 2.67. The number of anilines is 2. The SMILES string of the molecule is [CH2]c1ccccc1/C=C/c1cccc(N)c1N. The van der Waals surface area contributed by atoms with Crippen LogP contribution in [0.5, 0.6) is 0 Å². The maximum absolute atomic E-state index is 5.89. The summed E-state index contributed by atoms with van der Waals surface area (Å²) in [6.07, 6.45) is 3.95. The van der Waals surface area contributed by atoms with E-state index in [-0.39, 0.29) is 0 Å². The average molecular weight is 223 g/mol. The second-order valence-corrected chi connectivity index (χ2v) is 3.88. The van der Waals surface area contributed by atoms with Gasteiger partial charge in [-0.3, -0.25) is 0 Å². The predicted molar refractivity (Wildman–Crippen MR) is 75.1 cm³/mol.